The van der Waals surface area contributed by atoms with Gasteiger partial charge in [0.05, 0.1) is 11.1 Å². The molecule has 0 radical (unpaired) electrons. The van der Waals surface area contributed by atoms with E-state index in [0.717, 1.165) is 76.6 Å². The second-order valence-corrected chi connectivity index (χ2v) is 12.9. The van der Waals surface area contributed by atoms with Gasteiger partial charge in [-0.15, -0.1) is 41.2 Å². The van der Waals surface area contributed by atoms with Crippen molar-refractivity contribution in [3.05, 3.63) is 175 Å². The summed E-state index contributed by atoms with van der Waals surface area (Å²) in [5, 5.41) is 12.7. The van der Waals surface area contributed by atoms with E-state index in [1.165, 1.54) is 0 Å². The van der Waals surface area contributed by atoms with Crippen molar-refractivity contribution in [2.45, 2.75) is 12.8 Å². The molecule has 3 nitrogen and oxygen atoms in total. The first kappa shape index (κ1) is 32.4. The van der Waals surface area contributed by atoms with Gasteiger partial charge in [0.25, 0.3) is 0 Å². The first-order chi connectivity index (χ1) is 23.6. The zero-order chi connectivity index (χ0) is 32.5. The molecule has 1 atom stereocenters. The molecule has 0 saturated heterocycles. The average Bonchev–Trinajstić information content (AvgIpc) is 3.60. The molecule has 49 heavy (non-hydrogen) atoms. The number of para-hydroxylation sites is 1. The van der Waals surface area contributed by atoms with Crippen molar-refractivity contribution in [2.75, 3.05) is 0 Å². The SMILES string of the molecule is CC(c1ccccc1)c1cc(-c2ccccc2)cc(-c2nc3c(-c4[c-]c(-c5cc(-c6ccccc6)ccn5)ccc4)cccc3s2)c1O.[Pt]. The Morgan fingerprint density at radius 2 is 1.27 bits per heavy atom. The fraction of sp³-hybridized carbons (Fsp3) is 0.0455. The monoisotopic (exact) mass is 830 g/mol. The Morgan fingerprint density at radius 1 is 0.612 bits per heavy atom. The minimum absolute atomic E-state index is 0. The molecule has 1 unspecified atom stereocenters. The molecular formula is C44H31N2OPtS-. The van der Waals surface area contributed by atoms with Gasteiger partial charge in [0.1, 0.15) is 10.8 Å². The fourth-order valence-corrected chi connectivity index (χ4v) is 7.32. The van der Waals surface area contributed by atoms with Crippen molar-refractivity contribution < 1.29 is 26.2 Å². The van der Waals surface area contributed by atoms with Crippen LogP contribution in [0.3, 0.4) is 0 Å². The maximum absolute atomic E-state index is 11.9. The van der Waals surface area contributed by atoms with Gasteiger partial charge in [-0.2, -0.15) is 0 Å². The minimum atomic E-state index is -0.00936. The second-order valence-electron chi connectivity index (χ2n) is 11.9. The number of fused-ring (bicyclic) bond motifs is 1. The van der Waals surface area contributed by atoms with E-state index in [0.29, 0.717) is 0 Å². The molecule has 0 amide bonds. The van der Waals surface area contributed by atoms with Gasteiger partial charge in [-0.3, -0.25) is 4.98 Å². The van der Waals surface area contributed by atoms with E-state index in [9.17, 15) is 5.11 Å². The summed E-state index contributed by atoms with van der Waals surface area (Å²) in [7, 11) is 0. The van der Waals surface area contributed by atoms with Crippen molar-refractivity contribution in [2.24, 2.45) is 0 Å². The number of hydrogen-bond acceptors (Lipinski definition) is 4. The Hall–Kier alpha value is -5.15. The molecular weight excluding hydrogens is 800 g/mol. The third kappa shape index (κ3) is 6.50. The van der Waals surface area contributed by atoms with Crippen molar-refractivity contribution in [1.82, 2.24) is 9.97 Å². The minimum Gasteiger partial charge on any atom is -0.507 e. The topological polar surface area (TPSA) is 46.0 Å². The number of rotatable bonds is 7. The maximum Gasteiger partial charge on any atom is 0.129 e. The van der Waals surface area contributed by atoms with Crippen LogP contribution in [0.5, 0.6) is 5.75 Å². The van der Waals surface area contributed by atoms with Crippen molar-refractivity contribution in [3.63, 3.8) is 0 Å². The van der Waals surface area contributed by atoms with Crippen LogP contribution in [0.15, 0.2) is 158 Å². The van der Waals surface area contributed by atoms with Gasteiger partial charge in [-0.1, -0.05) is 127 Å². The Kier molecular flexibility index (Phi) is 9.35. The number of pyridine rings is 1. The number of aromatic hydroxyl groups is 1. The standard InChI is InChI=1S/C44H31N2OS.Pt/c1-29(30-13-5-2-6-14-30)38-26-36(32-17-9-4-10-18-32)27-39(43(38)47)44-46-42-37(21-12-22-41(42)48-44)34-19-11-20-35(25-34)40-28-33(23-24-45-40)31-15-7-3-8-16-31;/h2-24,26-29,47H,1H3;/q-1;. The largest absolute Gasteiger partial charge is 0.507 e. The Balaban J connectivity index is 0.00000378. The Morgan fingerprint density at radius 3 is 2.00 bits per heavy atom. The zero-order valence-corrected chi connectivity index (χ0v) is 29.7. The molecule has 0 aliphatic heterocycles. The van der Waals surface area contributed by atoms with Crippen LogP contribution < -0.4 is 0 Å². The van der Waals surface area contributed by atoms with Crippen molar-refractivity contribution >= 4 is 21.6 Å². The van der Waals surface area contributed by atoms with Crippen LogP contribution in [0.1, 0.15) is 24.0 Å². The quantitative estimate of drug-likeness (QED) is 0.163. The van der Waals surface area contributed by atoms with Gasteiger partial charge in [0.15, 0.2) is 0 Å². The van der Waals surface area contributed by atoms with Gasteiger partial charge in [0, 0.05) is 49.1 Å². The molecule has 0 bridgehead atoms. The molecule has 6 aromatic carbocycles. The van der Waals surface area contributed by atoms with Crippen LogP contribution in [0.4, 0.5) is 0 Å². The molecule has 1 N–H and O–H groups in total. The number of nitrogens with zero attached hydrogens (tertiary/aromatic N) is 2. The molecule has 0 spiro atoms. The third-order valence-corrected chi connectivity index (χ3v) is 9.94. The first-order valence-corrected chi connectivity index (χ1v) is 16.9. The smallest absolute Gasteiger partial charge is 0.129 e. The first-order valence-electron chi connectivity index (χ1n) is 16.0. The van der Waals surface area contributed by atoms with Crippen LogP contribution in [0, 0.1) is 6.07 Å². The molecule has 8 rings (SSSR count). The van der Waals surface area contributed by atoms with Gasteiger partial charge in [0.2, 0.25) is 0 Å². The molecule has 0 saturated carbocycles. The van der Waals surface area contributed by atoms with E-state index in [2.05, 4.69) is 104 Å². The molecule has 2 aromatic heterocycles. The molecule has 5 heteroatoms. The van der Waals surface area contributed by atoms with Gasteiger partial charge in [-0.05, 0) is 52.1 Å². The summed E-state index contributed by atoms with van der Waals surface area (Å²) >= 11 is 1.60. The van der Waals surface area contributed by atoms with E-state index in [4.69, 9.17) is 9.97 Å². The number of phenols is 1. The van der Waals surface area contributed by atoms with Crippen LogP contribution in [0.2, 0.25) is 0 Å². The summed E-state index contributed by atoms with van der Waals surface area (Å²) in [6, 6.07) is 55.4. The van der Waals surface area contributed by atoms with Crippen LogP contribution >= 0.6 is 11.3 Å². The summed E-state index contributed by atoms with van der Waals surface area (Å²) in [6.07, 6.45) is 1.86. The predicted octanol–water partition coefficient (Wildman–Crippen LogP) is 11.7. The summed E-state index contributed by atoms with van der Waals surface area (Å²) in [4.78, 5) is 9.90. The average molecular weight is 831 g/mol. The van der Waals surface area contributed by atoms with E-state index < -0.39 is 0 Å². The van der Waals surface area contributed by atoms with Gasteiger partial charge in [-0.25, -0.2) is 4.98 Å². The van der Waals surface area contributed by atoms with E-state index in [1.807, 2.05) is 66.9 Å². The van der Waals surface area contributed by atoms with Crippen molar-refractivity contribution in [3.8, 4) is 61.0 Å². The molecule has 8 aromatic rings. The summed E-state index contributed by atoms with van der Waals surface area (Å²) in [5.74, 6) is 0.259. The van der Waals surface area contributed by atoms with Crippen LogP contribution in [-0.2, 0) is 21.1 Å². The van der Waals surface area contributed by atoms with Gasteiger partial charge >= 0.3 is 0 Å². The van der Waals surface area contributed by atoms with E-state index in [1.54, 1.807) is 11.3 Å². The number of thiazole rings is 1. The Labute approximate surface area is 304 Å². The molecule has 0 aliphatic carbocycles. The van der Waals surface area contributed by atoms with Crippen LogP contribution in [-0.4, -0.2) is 15.1 Å². The van der Waals surface area contributed by atoms with E-state index in [-0.39, 0.29) is 32.7 Å². The second kappa shape index (κ2) is 14.1. The maximum atomic E-state index is 11.9. The van der Waals surface area contributed by atoms with Crippen molar-refractivity contribution in [1.29, 1.82) is 0 Å². The molecule has 2 heterocycles. The van der Waals surface area contributed by atoms with Gasteiger partial charge < -0.3 is 5.11 Å². The third-order valence-electron chi connectivity index (χ3n) is 8.89. The van der Waals surface area contributed by atoms with E-state index >= 15 is 0 Å². The molecule has 0 fully saturated rings. The summed E-state index contributed by atoms with van der Waals surface area (Å²) in [5.41, 5.74) is 11.8. The Bertz CT molecular complexity index is 2370. The zero-order valence-electron chi connectivity index (χ0n) is 26.7. The summed E-state index contributed by atoms with van der Waals surface area (Å²) < 4.78 is 1.05. The number of phenolic OH excluding ortho intramolecular Hbond substituents is 1. The molecule has 0 aliphatic rings. The number of benzene rings is 6. The number of hydrogen-bond donors (Lipinski definition) is 1. The summed E-state index contributed by atoms with van der Waals surface area (Å²) in [6.45, 7) is 2.15. The van der Waals surface area contributed by atoms with Crippen LogP contribution in [0.25, 0.3) is 65.4 Å². The predicted molar refractivity (Wildman–Crippen MR) is 199 cm³/mol. The normalized spacial score (nSPS) is 11.6. The number of aromatic nitrogens is 2. The fourth-order valence-electron chi connectivity index (χ4n) is 6.31. The molecule has 240 valence electrons.